The number of carbonyl (C=O) groups excluding carboxylic acids is 1. The number of aliphatic hydroxyl groups is 1. The van der Waals surface area contributed by atoms with Crippen LogP contribution in [0, 0.1) is 13.8 Å². The van der Waals surface area contributed by atoms with Gasteiger partial charge in [0.2, 0.25) is 0 Å². The molecule has 3 unspecified atom stereocenters. The van der Waals surface area contributed by atoms with Gasteiger partial charge in [-0.2, -0.15) is 0 Å². The number of aryl methyl sites for hydroxylation is 2. The van der Waals surface area contributed by atoms with Gasteiger partial charge in [-0.05, 0) is 31.9 Å². The molecule has 0 saturated carbocycles. The summed E-state index contributed by atoms with van der Waals surface area (Å²) in [7, 11) is 2.86. The second-order valence-electron chi connectivity index (χ2n) is 6.32. The van der Waals surface area contributed by atoms with Gasteiger partial charge in [0.25, 0.3) is 0 Å². The van der Waals surface area contributed by atoms with Gasteiger partial charge in [-0.1, -0.05) is 0 Å². The van der Waals surface area contributed by atoms with Gasteiger partial charge in [-0.3, -0.25) is 4.74 Å². The molecular weight excluding hydrogens is 316 g/mol. The predicted octanol–water partition coefficient (Wildman–Crippen LogP) is 1.98. The molecule has 0 aliphatic carbocycles. The largest absolute Gasteiger partial charge is 0.492 e. The minimum atomic E-state index is -1.77. The summed E-state index contributed by atoms with van der Waals surface area (Å²) in [4.78, 5) is 12.2. The first-order valence-electron chi connectivity index (χ1n) is 7.56. The number of ether oxygens (including phenoxy) is 4. The summed E-state index contributed by atoms with van der Waals surface area (Å²) in [5, 5.41) is 11.3. The maximum absolute atomic E-state index is 12.2. The maximum Gasteiger partial charge on any atom is 0.363 e. The Balaban J connectivity index is 2.22. The van der Waals surface area contributed by atoms with Gasteiger partial charge >= 0.3 is 11.9 Å². The lowest BCUT2D eigenvalue weighted by Gasteiger charge is -2.39. The second kappa shape index (κ2) is 4.50. The average molecular weight is 334 g/mol. The number of methoxy groups -OCH3 is 2. The molecule has 0 radical (unpaired) electrons. The lowest BCUT2D eigenvalue weighted by atomic mass is 9.84. The van der Waals surface area contributed by atoms with E-state index in [1.165, 1.54) is 14.2 Å². The Morgan fingerprint density at radius 3 is 2.58 bits per heavy atom. The summed E-state index contributed by atoms with van der Waals surface area (Å²) in [6, 6.07) is 0. The van der Waals surface area contributed by atoms with Gasteiger partial charge in [0, 0.05) is 18.1 Å². The highest BCUT2D eigenvalue weighted by Gasteiger charge is 2.67. The van der Waals surface area contributed by atoms with E-state index in [4.69, 9.17) is 23.4 Å². The van der Waals surface area contributed by atoms with Gasteiger partial charge in [-0.25, -0.2) is 4.79 Å². The first kappa shape index (κ1) is 15.4. The second-order valence-corrected chi connectivity index (χ2v) is 6.32. The van der Waals surface area contributed by atoms with Crippen LogP contribution in [0.2, 0.25) is 0 Å². The van der Waals surface area contributed by atoms with E-state index < -0.39 is 23.6 Å². The molecule has 2 aliphatic heterocycles. The smallest absolute Gasteiger partial charge is 0.363 e. The molecule has 7 nitrogen and oxygen atoms in total. The molecule has 0 spiro atoms. The Morgan fingerprint density at radius 2 is 1.96 bits per heavy atom. The topological polar surface area (TPSA) is 87.4 Å². The van der Waals surface area contributed by atoms with Crippen molar-refractivity contribution >= 4 is 16.9 Å². The fourth-order valence-electron chi connectivity index (χ4n) is 3.97. The molecule has 7 heteroatoms. The van der Waals surface area contributed by atoms with Gasteiger partial charge in [0.05, 0.1) is 13.4 Å². The molecule has 2 aliphatic rings. The predicted molar refractivity (Wildman–Crippen MR) is 81.5 cm³/mol. The molecule has 24 heavy (non-hydrogen) atoms. The first-order chi connectivity index (χ1) is 11.3. The number of rotatable bonds is 2. The molecule has 1 N–H and O–H groups in total. The van der Waals surface area contributed by atoms with Crippen LogP contribution in [0.15, 0.2) is 10.7 Å². The Kier molecular flexibility index (Phi) is 2.90. The zero-order chi connectivity index (χ0) is 17.4. The summed E-state index contributed by atoms with van der Waals surface area (Å²) >= 11 is 0. The molecule has 4 rings (SSSR count). The maximum atomic E-state index is 12.2. The van der Waals surface area contributed by atoms with Crippen molar-refractivity contribution in [2.24, 2.45) is 0 Å². The summed E-state index contributed by atoms with van der Waals surface area (Å²) in [6.45, 7) is 5.45. The van der Waals surface area contributed by atoms with Crippen molar-refractivity contribution in [2.75, 3.05) is 14.2 Å². The highest BCUT2D eigenvalue weighted by atomic mass is 16.9. The van der Waals surface area contributed by atoms with Crippen LogP contribution in [0.3, 0.4) is 0 Å². The number of benzene rings is 1. The Labute approximate surface area is 138 Å². The van der Waals surface area contributed by atoms with Crippen molar-refractivity contribution in [1.82, 2.24) is 0 Å². The van der Waals surface area contributed by atoms with Crippen LogP contribution in [-0.2, 0) is 30.6 Å². The third-order valence-corrected chi connectivity index (χ3v) is 5.01. The van der Waals surface area contributed by atoms with E-state index in [-0.39, 0.29) is 0 Å². The number of fused-ring (bicyclic) bond motifs is 6. The lowest BCUT2D eigenvalue weighted by Crippen LogP contribution is -2.53. The summed E-state index contributed by atoms with van der Waals surface area (Å²) in [5.41, 5.74) is 1.99. The highest BCUT2D eigenvalue weighted by Crippen LogP contribution is 2.59. The normalized spacial score (nSPS) is 31.2. The molecule has 2 bridgehead atoms. The number of furan rings is 1. The molecule has 2 aromatic rings. The minimum absolute atomic E-state index is 0.367. The van der Waals surface area contributed by atoms with Gasteiger partial charge in [0.1, 0.15) is 11.2 Å². The zero-order valence-electron chi connectivity index (χ0n) is 14.1. The van der Waals surface area contributed by atoms with Crippen molar-refractivity contribution in [3.8, 4) is 5.75 Å². The average Bonchev–Trinajstić information content (AvgIpc) is 3.03. The van der Waals surface area contributed by atoms with E-state index in [1.54, 1.807) is 13.2 Å². The quantitative estimate of drug-likeness (QED) is 0.840. The van der Waals surface area contributed by atoms with E-state index in [0.29, 0.717) is 22.5 Å². The van der Waals surface area contributed by atoms with Gasteiger partial charge in [-0.15, -0.1) is 0 Å². The van der Waals surface area contributed by atoms with Crippen LogP contribution < -0.4 is 4.74 Å². The monoisotopic (exact) mass is 334 g/mol. The fourth-order valence-corrected chi connectivity index (χ4v) is 3.97. The van der Waals surface area contributed by atoms with E-state index in [2.05, 4.69) is 0 Å². The van der Waals surface area contributed by atoms with Gasteiger partial charge < -0.3 is 23.7 Å². The number of hydrogen-bond acceptors (Lipinski definition) is 7. The standard InChI is InChI=1S/C17H18O7/c1-7-6-22-12-9(7)8(2)10-11(13(12)20-4)17(21-5)23-15(19)14(18)16(10,3)24-17/h6,14,18H,1-5H3. The van der Waals surface area contributed by atoms with E-state index in [9.17, 15) is 9.90 Å². The van der Waals surface area contributed by atoms with E-state index in [1.807, 2.05) is 13.8 Å². The van der Waals surface area contributed by atoms with Crippen LogP contribution in [0.25, 0.3) is 11.0 Å². The SMILES string of the molecule is COc1c2c(c(C)c3c(C)coc13)C1(C)OC2(OC)OC(=O)C1O. The molecular formula is C17H18O7. The third-order valence-electron chi connectivity index (χ3n) is 5.01. The van der Waals surface area contributed by atoms with Crippen LogP contribution >= 0.6 is 0 Å². The zero-order valence-corrected chi connectivity index (χ0v) is 14.1. The first-order valence-corrected chi connectivity index (χ1v) is 7.56. The summed E-state index contributed by atoms with van der Waals surface area (Å²) in [6.07, 6.45) is 0.158. The Morgan fingerprint density at radius 1 is 1.25 bits per heavy atom. The Hall–Kier alpha value is -2.09. The van der Waals surface area contributed by atoms with E-state index >= 15 is 0 Å². The van der Waals surface area contributed by atoms with Crippen LogP contribution in [0.5, 0.6) is 5.75 Å². The van der Waals surface area contributed by atoms with Gasteiger partial charge in [0.15, 0.2) is 17.4 Å². The number of aliphatic hydroxyl groups excluding tert-OH is 1. The number of carbonyl (C=O) groups is 1. The summed E-state index contributed by atoms with van der Waals surface area (Å²) < 4.78 is 27.9. The van der Waals surface area contributed by atoms with Crippen LogP contribution in [0.4, 0.5) is 0 Å². The molecule has 128 valence electrons. The lowest BCUT2D eigenvalue weighted by molar-refractivity contribution is -0.416. The van der Waals surface area contributed by atoms with Crippen molar-refractivity contribution in [3.05, 3.63) is 28.5 Å². The molecule has 1 fully saturated rings. The number of hydrogen-bond donors (Lipinski definition) is 1. The highest BCUT2D eigenvalue weighted by molar-refractivity contribution is 5.94. The number of esters is 1. The van der Waals surface area contributed by atoms with Crippen molar-refractivity contribution in [2.45, 2.75) is 38.4 Å². The molecule has 3 atom stereocenters. The molecule has 1 aromatic heterocycles. The Bertz CT molecular complexity index is 883. The van der Waals surface area contributed by atoms with Crippen molar-refractivity contribution in [1.29, 1.82) is 0 Å². The summed E-state index contributed by atoms with van der Waals surface area (Å²) in [5.74, 6) is -2.21. The van der Waals surface area contributed by atoms with Crippen molar-refractivity contribution in [3.63, 3.8) is 0 Å². The van der Waals surface area contributed by atoms with E-state index in [0.717, 1.165) is 16.5 Å². The van der Waals surface area contributed by atoms with Crippen molar-refractivity contribution < 1.29 is 33.3 Å². The molecule has 1 aromatic carbocycles. The van der Waals surface area contributed by atoms with Crippen LogP contribution in [0.1, 0.15) is 29.2 Å². The molecule has 1 saturated heterocycles. The third kappa shape index (κ3) is 1.50. The molecule has 0 amide bonds. The minimum Gasteiger partial charge on any atom is -0.492 e. The van der Waals surface area contributed by atoms with Crippen LogP contribution in [-0.4, -0.2) is 31.4 Å². The molecule has 3 heterocycles. The fraction of sp³-hybridized carbons (Fsp3) is 0.471.